The van der Waals surface area contributed by atoms with E-state index >= 15 is 0 Å². The molecule has 0 saturated carbocycles. The van der Waals surface area contributed by atoms with Crippen LogP contribution < -0.4 is 15.7 Å². The lowest BCUT2D eigenvalue weighted by Crippen LogP contribution is -2.28. The molecule has 5 rings (SSSR count). The maximum atomic E-state index is 12.6. The van der Waals surface area contributed by atoms with Crippen molar-refractivity contribution in [1.29, 1.82) is 0 Å². The zero-order chi connectivity index (χ0) is 18.4. The molecule has 3 heterocycles. The average molecular weight is 359 g/mol. The topological polar surface area (TPSA) is 84.8 Å². The first-order valence-corrected chi connectivity index (χ1v) is 8.70. The predicted octanol–water partition coefficient (Wildman–Crippen LogP) is 3.09. The number of anilines is 2. The molecule has 0 radical (unpaired) electrons. The van der Waals surface area contributed by atoms with Gasteiger partial charge in [0.25, 0.3) is 0 Å². The Bertz CT molecular complexity index is 1220. The molecule has 0 fully saturated rings. The molecule has 4 aromatic rings. The second-order valence-electron chi connectivity index (χ2n) is 6.53. The molecule has 134 valence electrons. The van der Waals surface area contributed by atoms with Gasteiger partial charge in [0, 0.05) is 29.2 Å². The summed E-state index contributed by atoms with van der Waals surface area (Å²) in [6, 6.07) is 13.7. The number of hydrogen-bond acceptors (Lipinski definition) is 5. The maximum absolute atomic E-state index is 12.6. The van der Waals surface area contributed by atoms with Gasteiger partial charge in [-0.05, 0) is 48.4 Å². The highest BCUT2D eigenvalue weighted by Gasteiger charge is 2.19. The number of hydrogen-bond donors (Lipinski definition) is 2. The minimum absolute atomic E-state index is 0.249. The van der Waals surface area contributed by atoms with Crippen LogP contribution >= 0.6 is 0 Å². The number of aromatic amines is 1. The minimum atomic E-state index is -0.249. The summed E-state index contributed by atoms with van der Waals surface area (Å²) in [5, 5.41) is 11.2. The first-order chi connectivity index (χ1) is 13.2. The van der Waals surface area contributed by atoms with Crippen LogP contribution in [0, 0.1) is 0 Å². The minimum Gasteiger partial charge on any atom is -0.497 e. The molecule has 0 unspecified atom stereocenters. The van der Waals surface area contributed by atoms with Gasteiger partial charge in [-0.15, -0.1) is 0 Å². The third kappa shape index (κ3) is 2.64. The number of aromatic nitrogens is 4. The molecule has 0 atom stereocenters. The summed E-state index contributed by atoms with van der Waals surface area (Å²) >= 11 is 0. The van der Waals surface area contributed by atoms with Crippen LogP contribution in [0.2, 0.25) is 0 Å². The smallest absolute Gasteiger partial charge is 0.350 e. The van der Waals surface area contributed by atoms with Crippen molar-refractivity contribution in [2.45, 2.75) is 13.0 Å². The summed E-state index contributed by atoms with van der Waals surface area (Å²) in [4.78, 5) is 16.8. The molecular formula is C20H17N5O2. The van der Waals surface area contributed by atoms with Crippen molar-refractivity contribution >= 4 is 22.4 Å². The van der Waals surface area contributed by atoms with Crippen molar-refractivity contribution in [3.63, 3.8) is 0 Å². The summed E-state index contributed by atoms with van der Waals surface area (Å²) < 4.78 is 7.04. The van der Waals surface area contributed by atoms with Gasteiger partial charge in [-0.1, -0.05) is 0 Å². The summed E-state index contributed by atoms with van der Waals surface area (Å²) in [7, 11) is 1.66. The van der Waals surface area contributed by atoms with E-state index in [1.807, 2.05) is 42.5 Å². The van der Waals surface area contributed by atoms with Crippen molar-refractivity contribution < 1.29 is 4.74 Å². The number of nitrogens with zero attached hydrogens (tertiary/aromatic N) is 3. The van der Waals surface area contributed by atoms with E-state index in [9.17, 15) is 4.79 Å². The van der Waals surface area contributed by atoms with Gasteiger partial charge in [0.1, 0.15) is 11.6 Å². The second kappa shape index (κ2) is 5.98. The number of H-pyrrole nitrogens is 1. The Morgan fingerprint density at radius 1 is 1.19 bits per heavy atom. The fourth-order valence-corrected chi connectivity index (χ4v) is 3.56. The lowest BCUT2D eigenvalue weighted by Gasteiger charge is -2.22. The van der Waals surface area contributed by atoms with E-state index in [0.717, 1.165) is 40.0 Å². The van der Waals surface area contributed by atoms with Gasteiger partial charge in [0.15, 0.2) is 0 Å². The summed E-state index contributed by atoms with van der Waals surface area (Å²) in [5.41, 5.74) is 4.64. The zero-order valence-electron chi connectivity index (χ0n) is 14.7. The predicted molar refractivity (Wildman–Crippen MR) is 104 cm³/mol. The summed E-state index contributed by atoms with van der Waals surface area (Å²) in [6.45, 7) is 0.614. The first-order valence-electron chi connectivity index (χ1n) is 8.70. The van der Waals surface area contributed by atoms with E-state index in [2.05, 4.69) is 20.5 Å². The largest absolute Gasteiger partial charge is 0.497 e. The molecule has 0 spiro atoms. The molecule has 1 aliphatic rings. The van der Waals surface area contributed by atoms with Crippen LogP contribution in [0.5, 0.6) is 5.75 Å². The molecule has 2 N–H and O–H groups in total. The molecule has 2 aromatic carbocycles. The maximum Gasteiger partial charge on any atom is 0.350 e. The number of nitrogens with one attached hydrogen (secondary N) is 2. The Kier molecular flexibility index (Phi) is 3.46. The Balaban J connectivity index is 1.57. The second-order valence-corrected chi connectivity index (χ2v) is 6.53. The van der Waals surface area contributed by atoms with Crippen LogP contribution in [0.1, 0.15) is 5.56 Å². The van der Waals surface area contributed by atoms with Crippen LogP contribution in [0.4, 0.5) is 11.5 Å². The molecular weight excluding hydrogens is 342 g/mol. The third-order valence-electron chi connectivity index (χ3n) is 4.92. The molecule has 0 saturated heterocycles. The quantitative estimate of drug-likeness (QED) is 0.587. The van der Waals surface area contributed by atoms with E-state index in [4.69, 9.17) is 4.74 Å². The Hall–Kier alpha value is -3.61. The van der Waals surface area contributed by atoms with Crippen molar-refractivity contribution in [3.05, 3.63) is 64.7 Å². The monoisotopic (exact) mass is 359 g/mol. The number of rotatable bonds is 3. The third-order valence-corrected chi connectivity index (χ3v) is 4.92. The van der Waals surface area contributed by atoms with Gasteiger partial charge in [-0.3, -0.25) is 9.67 Å². The van der Waals surface area contributed by atoms with Crippen molar-refractivity contribution in [2.24, 2.45) is 0 Å². The van der Waals surface area contributed by atoms with E-state index in [-0.39, 0.29) is 5.69 Å². The van der Waals surface area contributed by atoms with Gasteiger partial charge in [-0.2, -0.15) is 10.1 Å². The van der Waals surface area contributed by atoms with Gasteiger partial charge < -0.3 is 10.1 Å². The Morgan fingerprint density at radius 3 is 3.00 bits per heavy atom. The molecule has 0 aliphatic carbocycles. The van der Waals surface area contributed by atoms with Crippen LogP contribution in [0.25, 0.3) is 22.2 Å². The fraction of sp³-hybridized carbons (Fsp3) is 0.150. The van der Waals surface area contributed by atoms with Crippen LogP contribution in [0.15, 0.2) is 53.5 Å². The normalized spacial score (nSPS) is 12.5. The molecule has 7 heteroatoms. The van der Waals surface area contributed by atoms with Crippen LogP contribution in [-0.2, 0) is 13.0 Å². The number of fused-ring (bicyclic) bond motifs is 4. The Morgan fingerprint density at radius 2 is 2.11 bits per heavy atom. The Labute approximate surface area is 154 Å². The first kappa shape index (κ1) is 15.6. The van der Waals surface area contributed by atoms with Crippen LogP contribution in [0.3, 0.4) is 0 Å². The van der Waals surface area contributed by atoms with Crippen LogP contribution in [-0.4, -0.2) is 26.9 Å². The molecule has 0 amide bonds. The standard InChI is InChI=1S/C20H17N5O2/c1-27-15-3-4-16-12(9-15)6-7-25-18(16)10-19(23-20(25)26)22-14-2-5-17-13(8-14)11-21-24-17/h2-5,8-11H,6-7H2,1H3,(H,21,24)(H,22,23,26). The van der Waals surface area contributed by atoms with E-state index in [1.54, 1.807) is 17.9 Å². The number of aryl methyl sites for hydroxylation is 1. The van der Waals surface area contributed by atoms with Gasteiger partial charge in [0.2, 0.25) is 0 Å². The summed E-state index contributed by atoms with van der Waals surface area (Å²) in [5.74, 6) is 1.35. The zero-order valence-corrected chi connectivity index (χ0v) is 14.7. The highest BCUT2D eigenvalue weighted by atomic mass is 16.5. The van der Waals surface area contributed by atoms with E-state index in [1.165, 1.54) is 5.56 Å². The van der Waals surface area contributed by atoms with Gasteiger partial charge in [0.05, 0.1) is 24.5 Å². The SMILES string of the molecule is COc1ccc2c(c1)CCn1c-2cc(Nc2ccc3[nH]ncc3c2)nc1=O. The average Bonchev–Trinajstić information content (AvgIpc) is 3.15. The fourth-order valence-electron chi connectivity index (χ4n) is 3.56. The molecule has 1 aliphatic heterocycles. The highest BCUT2D eigenvalue weighted by molar-refractivity contribution is 5.83. The van der Waals surface area contributed by atoms with Gasteiger partial charge in [-0.25, -0.2) is 4.79 Å². The van der Waals surface area contributed by atoms with E-state index < -0.39 is 0 Å². The van der Waals surface area contributed by atoms with Crippen molar-refractivity contribution in [2.75, 3.05) is 12.4 Å². The molecule has 0 bridgehead atoms. The van der Waals surface area contributed by atoms with Crippen molar-refractivity contribution in [1.82, 2.24) is 19.7 Å². The summed E-state index contributed by atoms with van der Waals surface area (Å²) in [6.07, 6.45) is 2.55. The molecule has 27 heavy (non-hydrogen) atoms. The molecule has 2 aromatic heterocycles. The van der Waals surface area contributed by atoms with E-state index in [0.29, 0.717) is 12.4 Å². The van der Waals surface area contributed by atoms with Gasteiger partial charge >= 0.3 is 5.69 Å². The van der Waals surface area contributed by atoms with Crippen molar-refractivity contribution in [3.8, 4) is 17.0 Å². The molecule has 7 nitrogen and oxygen atoms in total. The number of methoxy groups -OCH3 is 1. The number of benzene rings is 2. The highest BCUT2D eigenvalue weighted by Crippen LogP contribution is 2.32. The lowest BCUT2D eigenvalue weighted by molar-refractivity contribution is 0.414. The lowest BCUT2D eigenvalue weighted by atomic mass is 9.97. The number of ether oxygens (including phenoxy) is 1.